The average Bonchev–Trinajstić information content (AvgIpc) is 2.78. The summed E-state index contributed by atoms with van der Waals surface area (Å²) in [5.41, 5.74) is 1.11. The Morgan fingerprint density at radius 2 is 2.38 bits per heavy atom. The summed E-state index contributed by atoms with van der Waals surface area (Å²) in [6.07, 6.45) is 5.28. The minimum absolute atomic E-state index is 0.0189. The summed E-state index contributed by atoms with van der Waals surface area (Å²) in [5, 5.41) is 11.9. The van der Waals surface area contributed by atoms with Crippen molar-refractivity contribution in [1.82, 2.24) is 10.3 Å². The molecule has 1 saturated carbocycles. The summed E-state index contributed by atoms with van der Waals surface area (Å²) in [4.78, 5) is 16.6. The molecule has 0 aromatic carbocycles. The van der Waals surface area contributed by atoms with Crippen LogP contribution in [0.4, 0.5) is 0 Å². The Hall–Kier alpha value is -1.86. The molecule has 1 aliphatic rings. The van der Waals surface area contributed by atoms with E-state index < -0.39 is 0 Å². The lowest BCUT2D eigenvalue weighted by Gasteiger charge is -2.27. The summed E-state index contributed by atoms with van der Waals surface area (Å²) in [5.74, 6) is 5.58. The lowest BCUT2D eigenvalue weighted by molar-refractivity contribution is 0.0904. The van der Waals surface area contributed by atoms with E-state index in [4.69, 9.17) is 5.11 Å². The van der Waals surface area contributed by atoms with E-state index in [1.165, 1.54) is 0 Å². The summed E-state index contributed by atoms with van der Waals surface area (Å²) >= 11 is 0. The highest BCUT2D eigenvalue weighted by Crippen LogP contribution is 2.37. The van der Waals surface area contributed by atoms with Crippen LogP contribution < -0.4 is 5.32 Å². The molecule has 0 saturated heterocycles. The lowest BCUT2D eigenvalue weighted by atomic mass is 9.87. The number of carbonyl (C=O) groups excluding carboxylic acids is 1. The van der Waals surface area contributed by atoms with Gasteiger partial charge in [-0.2, -0.15) is 0 Å². The molecule has 0 spiro atoms. The molecule has 2 rings (SSSR count). The summed E-state index contributed by atoms with van der Waals surface area (Å²) in [6.45, 7) is 4.39. The van der Waals surface area contributed by atoms with Crippen molar-refractivity contribution >= 4 is 5.91 Å². The van der Waals surface area contributed by atoms with Crippen LogP contribution in [0.1, 0.15) is 55.6 Å². The number of amides is 1. The van der Waals surface area contributed by atoms with E-state index in [-0.39, 0.29) is 24.0 Å². The Morgan fingerprint density at radius 1 is 1.57 bits per heavy atom. The van der Waals surface area contributed by atoms with E-state index in [1.807, 2.05) is 0 Å². The van der Waals surface area contributed by atoms with Crippen LogP contribution in [-0.2, 0) is 0 Å². The van der Waals surface area contributed by atoms with Crippen molar-refractivity contribution in [3.63, 3.8) is 0 Å². The van der Waals surface area contributed by atoms with Gasteiger partial charge in [-0.05, 0) is 30.4 Å². The van der Waals surface area contributed by atoms with Gasteiger partial charge in [-0.15, -0.1) is 0 Å². The molecule has 1 aromatic heterocycles. The van der Waals surface area contributed by atoms with Crippen LogP contribution in [0.15, 0.2) is 18.3 Å². The zero-order chi connectivity index (χ0) is 15.3. The van der Waals surface area contributed by atoms with Crippen molar-refractivity contribution in [1.29, 1.82) is 0 Å². The van der Waals surface area contributed by atoms with Crippen LogP contribution in [0.5, 0.6) is 0 Å². The Balaban J connectivity index is 2.15. The number of nitrogens with one attached hydrogen (secondary N) is 1. The molecule has 112 valence electrons. The van der Waals surface area contributed by atoms with E-state index in [9.17, 15) is 4.79 Å². The highest BCUT2D eigenvalue weighted by atomic mass is 16.2. The molecule has 0 bridgehead atoms. The average molecular weight is 286 g/mol. The topological polar surface area (TPSA) is 62.2 Å². The second-order valence-corrected chi connectivity index (χ2v) is 6.08. The molecule has 1 heterocycles. The third-order valence-electron chi connectivity index (χ3n) is 4.05. The fraction of sp³-hybridized carbons (Fsp3) is 0.529. The second-order valence-electron chi connectivity index (χ2n) is 6.08. The van der Waals surface area contributed by atoms with Gasteiger partial charge in [0.05, 0.1) is 12.2 Å². The third-order valence-corrected chi connectivity index (χ3v) is 4.05. The molecule has 1 aromatic rings. The van der Waals surface area contributed by atoms with Crippen LogP contribution in [0.3, 0.4) is 0 Å². The van der Waals surface area contributed by atoms with Crippen LogP contribution in [0.2, 0.25) is 0 Å². The first-order valence-corrected chi connectivity index (χ1v) is 7.40. The van der Waals surface area contributed by atoms with Crippen molar-refractivity contribution in [3.8, 4) is 11.8 Å². The Bertz CT molecular complexity index is 570. The Morgan fingerprint density at radius 3 is 3.05 bits per heavy atom. The monoisotopic (exact) mass is 286 g/mol. The quantitative estimate of drug-likeness (QED) is 0.837. The second kappa shape index (κ2) is 6.73. The van der Waals surface area contributed by atoms with Crippen LogP contribution in [-0.4, -0.2) is 28.6 Å². The van der Waals surface area contributed by atoms with Gasteiger partial charge in [0.2, 0.25) is 0 Å². The van der Waals surface area contributed by atoms with Crippen molar-refractivity contribution in [2.24, 2.45) is 5.41 Å². The fourth-order valence-corrected chi connectivity index (χ4v) is 2.72. The molecule has 1 aliphatic carbocycles. The molecular weight excluding hydrogens is 264 g/mol. The number of aliphatic hydroxyl groups is 1. The smallest absolute Gasteiger partial charge is 0.271 e. The standard InChI is InChI=1S/C17H22N2O2/c1-17(2)10-5-9-14(17)19-16(21)15-13(7-3-4-12-20)8-6-11-18-15/h6,8,11,14,20H,4-5,9-10,12H2,1-2H3,(H,19,21). The summed E-state index contributed by atoms with van der Waals surface area (Å²) < 4.78 is 0. The lowest BCUT2D eigenvalue weighted by Crippen LogP contribution is -2.42. The van der Waals surface area contributed by atoms with E-state index in [1.54, 1.807) is 18.3 Å². The molecule has 1 amide bonds. The van der Waals surface area contributed by atoms with Crippen LogP contribution >= 0.6 is 0 Å². The van der Waals surface area contributed by atoms with Crippen LogP contribution in [0, 0.1) is 17.3 Å². The SMILES string of the molecule is CC1(C)CCCC1NC(=O)c1ncccc1C#CCCO. The Labute approximate surface area is 126 Å². The zero-order valence-corrected chi connectivity index (χ0v) is 12.6. The first kappa shape index (κ1) is 15.5. The van der Waals surface area contributed by atoms with Crippen LogP contribution in [0.25, 0.3) is 0 Å². The first-order chi connectivity index (χ1) is 10.0. The molecule has 0 radical (unpaired) electrons. The molecule has 2 N–H and O–H groups in total. The molecule has 0 aliphatic heterocycles. The number of nitrogens with zero attached hydrogens (tertiary/aromatic N) is 1. The maximum atomic E-state index is 12.5. The number of carbonyl (C=O) groups is 1. The third kappa shape index (κ3) is 3.83. The number of hydrogen-bond acceptors (Lipinski definition) is 3. The van der Waals surface area contributed by atoms with Gasteiger partial charge in [0, 0.05) is 18.7 Å². The first-order valence-electron chi connectivity index (χ1n) is 7.40. The van der Waals surface area contributed by atoms with Gasteiger partial charge in [0.15, 0.2) is 0 Å². The van der Waals surface area contributed by atoms with Crippen molar-refractivity contribution in [2.45, 2.75) is 45.6 Å². The molecule has 21 heavy (non-hydrogen) atoms. The molecule has 1 atom stereocenters. The number of aromatic nitrogens is 1. The Kier molecular flexibility index (Phi) is 4.98. The van der Waals surface area contributed by atoms with Gasteiger partial charge in [-0.25, -0.2) is 4.98 Å². The molecule has 1 unspecified atom stereocenters. The van der Waals surface area contributed by atoms with Gasteiger partial charge >= 0.3 is 0 Å². The molecule has 4 nitrogen and oxygen atoms in total. The minimum atomic E-state index is -0.163. The predicted octanol–water partition coefficient (Wildman–Crippen LogP) is 2.12. The van der Waals surface area contributed by atoms with E-state index in [0.717, 1.165) is 19.3 Å². The number of aliphatic hydroxyl groups excluding tert-OH is 1. The van der Waals surface area contributed by atoms with Gasteiger partial charge in [-0.3, -0.25) is 4.79 Å². The fourth-order valence-electron chi connectivity index (χ4n) is 2.72. The highest BCUT2D eigenvalue weighted by molar-refractivity contribution is 5.95. The van der Waals surface area contributed by atoms with E-state index in [2.05, 4.69) is 36.0 Å². The molecule has 4 heteroatoms. The maximum absolute atomic E-state index is 12.5. The van der Waals surface area contributed by atoms with Gasteiger partial charge < -0.3 is 10.4 Å². The van der Waals surface area contributed by atoms with Crippen molar-refractivity contribution in [2.75, 3.05) is 6.61 Å². The number of pyridine rings is 1. The summed E-state index contributed by atoms with van der Waals surface area (Å²) in [7, 11) is 0. The normalized spacial score (nSPS) is 19.7. The van der Waals surface area contributed by atoms with E-state index in [0.29, 0.717) is 17.7 Å². The summed E-state index contributed by atoms with van der Waals surface area (Å²) in [6, 6.07) is 3.73. The largest absolute Gasteiger partial charge is 0.395 e. The number of rotatable bonds is 3. The van der Waals surface area contributed by atoms with Gasteiger partial charge in [0.1, 0.15) is 5.69 Å². The van der Waals surface area contributed by atoms with E-state index >= 15 is 0 Å². The highest BCUT2D eigenvalue weighted by Gasteiger charge is 2.35. The predicted molar refractivity (Wildman–Crippen MR) is 81.7 cm³/mol. The van der Waals surface area contributed by atoms with Gasteiger partial charge in [0.25, 0.3) is 5.91 Å². The molecular formula is C17H22N2O2. The van der Waals surface area contributed by atoms with Crippen molar-refractivity contribution < 1.29 is 9.90 Å². The van der Waals surface area contributed by atoms with Crippen molar-refractivity contribution in [3.05, 3.63) is 29.6 Å². The zero-order valence-electron chi connectivity index (χ0n) is 12.6. The number of hydrogen-bond donors (Lipinski definition) is 2. The van der Waals surface area contributed by atoms with Gasteiger partial charge in [-0.1, -0.05) is 32.1 Å². The molecule has 1 fully saturated rings. The minimum Gasteiger partial charge on any atom is -0.395 e. The maximum Gasteiger partial charge on any atom is 0.271 e.